The second-order valence-electron chi connectivity index (χ2n) is 10.2. The number of unbranched alkanes of at least 4 members (excludes halogenated alkanes) is 1. The molecule has 2 heterocycles. The molecule has 0 spiro atoms. The third kappa shape index (κ3) is 6.83. The van der Waals surface area contributed by atoms with Gasteiger partial charge in [-0.2, -0.15) is 0 Å². The maximum Gasteiger partial charge on any atom is 0.308 e. The predicted molar refractivity (Wildman–Crippen MR) is 147 cm³/mol. The number of fused-ring (bicyclic) bond motifs is 1. The molecule has 9 nitrogen and oxygen atoms in total. The van der Waals surface area contributed by atoms with Gasteiger partial charge in [-0.15, -0.1) is 0 Å². The van der Waals surface area contributed by atoms with Gasteiger partial charge in [0.1, 0.15) is 12.4 Å². The number of likely N-dealkylation sites (tertiary alicyclic amines) is 1. The fourth-order valence-corrected chi connectivity index (χ4v) is 5.63. The molecule has 2 aromatic rings. The van der Waals surface area contributed by atoms with Crippen LogP contribution in [0, 0.1) is 5.92 Å². The van der Waals surface area contributed by atoms with E-state index in [0.717, 1.165) is 36.1 Å². The van der Waals surface area contributed by atoms with Gasteiger partial charge in [-0.05, 0) is 42.2 Å². The van der Waals surface area contributed by atoms with Crippen LogP contribution in [0.3, 0.4) is 0 Å². The van der Waals surface area contributed by atoms with E-state index in [-0.39, 0.29) is 31.6 Å². The number of amides is 1. The molecule has 1 fully saturated rings. The first-order chi connectivity index (χ1) is 19.0. The smallest absolute Gasteiger partial charge is 0.308 e. The van der Waals surface area contributed by atoms with Crippen LogP contribution in [0.5, 0.6) is 17.2 Å². The molecule has 0 aliphatic carbocycles. The standard InChI is InChI=1S/C30H40N2O7/c1-3-4-13-31(14-7-15-33)28(34)19-32-18-23(21-10-11-25-22(17-21)12-16-38-25)29(30(35)36)24(32)20-39-27-9-6-5-8-26(27)37-2/h5-6,8-11,17,23-24,29,33H,3-4,7,12-16,18-20H2,1-2H3,(H,35,36)/t23-,24+,29-/m1/s1. The lowest BCUT2D eigenvalue weighted by Gasteiger charge is -2.29. The molecule has 2 aliphatic heterocycles. The number of aliphatic hydroxyl groups is 1. The molecular formula is C30H40N2O7. The van der Waals surface area contributed by atoms with Crippen LogP contribution in [0.1, 0.15) is 43.2 Å². The first-order valence-electron chi connectivity index (χ1n) is 13.8. The molecule has 0 saturated carbocycles. The van der Waals surface area contributed by atoms with E-state index in [9.17, 15) is 19.8 Å². The average Bonchev–Trinajstić information content (AvgIpc) is 3.56. The number of carboxylic acids is 1. The van der Waals surface area contributed by atoms with Gasteiger partial charge in [-0.1, -0.05) is 37.6 Å². The normalized spacial score (nSPS) is 20.3. The van der Waals surface area contributed by atoms with Gasteiger partial charge in [-0.25, -0.2) is 0 Å². The molecule has 39 heavy (non-hydrogen) atoms. The number of carbonyl (C=O) groups excluding carboxylic acids is 1. The summed E-state index contributed by atoms with van der Waals surface area (Å²) >= 11 is 0. The molecule has 4 rings (SSSR count). The van der Waals surface area contributed by atoms with Gasteiger partial charge >= 0.3 is 5.97 Å². The van der Waals surface area contributed by atoms with Crippen molar-refractivity contribution in [1.82, 2.24) is 9.80 Å². The average molecular weight is 541 g/mol. The zero-order chi connectivity index (χ0) is 27.8. The lowest BCUT2D eigenvalue weighted by molar-refractivity contribution is -0.144. The quantitative estimate of drug-likeness (QED) is 0.376. The Balaban J connectivity index is 1.61. The SMILES string of the molecule is CCCCN(CCCO)C(=O)CN1C[C@H](c2ccc3c(c2)CCO3)[C@@H](C(=O)O)[C@@H]1COc1ccccc1OC. The molecule has 2 aromatic carbocycles. The highest BCUT2D eigenvalue weighted by molar-refractivity contribution is 5.79. The van der Waals surface area contributed by atoms with Crippen molar-refractivity contribution in [2.24, 2.45) is 5.92 Å². The molecule has 0 aromatic heterocycles. The van der Waals surface area contributed by atoms with Crippen molar-refractivity contribution in [2.45, 2.75) is 44.6 Å². The number of hydrogen-bond donors (Lipinski definition) is 2. The summed E-state index contributed by atoms with van der Waals surface area (Å²) in [5.74, 6) is -0.115. The lowest BCUT2D eigenvalue weighted by atomic mass is 9.84. The Morgan fingerprint density at radius 3 is 2.62 bits per heavy atom. The molecule has 1 saturated heterocycles. The number of methoxy groups -OCH3 is 1. The van der Waals surface area contributed by atoms with Crippen molar-refractivity contribution < 1.29 is 34.0 Å². The van der Waals surface area contributed by atoms with Gasteiger partial charge in [0.05, 0.1) is 32.2 Å². The highest BCUT2D eigenvalue weighted by atomic mass is 16.5. The number of ether oxygens (including phenoxy) is 3. The Morgan fingerprint density at radius 2 is 1.90 bits per heavy atom. The van der Waals surface area contributed by atoms with Gasteiger partial charge < -0.3 is 29.3 Å². The van der Waals surface area contributed by atoms with Crippen LogP contribution in [0.2, 0.25) is 0 Å². The van der Waals surface area contributed by atoms with E-state index in [1.165, 1.54) is 0 Å². The fraction of sp³-hybridized carbons (Fsp3) is 0.533. The molecule has 2 aliphatic rings. The summed E-state index contributed by atoms with van der Waals surface area (Å²) in [5, 5.41) is 19.8. The topological polar surface area (TPSA) is 109 Å². The zero-order valence-corrected chi connectivity index (χ0v) is 22.9. The first kappa shape index (κ1) is 28.7. The van der Waals surface area contributed by atoms with E-state index in [2.05, 4.69) is 13.0 Å². The molecule has 1 amide bonds. The van der Waals surface area contributed by atoms with Crippen molar-refractivity contribution in [3.8, 4) is 17.2 Å². The van der Waals surface area contributed by atoms with Crippen LogP contribution in [0.25, 0.3) is 0 Å². The van der Waals surface area contributed by atoms with E-state index in [4.69, 9.17) is 14.2 Å². The fourth-order valence-electron chi connectivity index (χ4n) is 5.63. The Hall–Kier alpha value is -3.30. The van der Waals surface area contributed by atoms with Crippen molar-refractivity contribution in [1.29, 1.82) is 0 Å². The largest absolute Gasteiger partial charge is 0.493 e. The van der Waals surface area contributed by atoms with E-state index in [1.54, 1.807) is 24.1 Å². The third-order valence-corrected chi connectivity index (χ3v) is 7.71. The van der Waals surface area contributed by atoms with Gasteiger partial charge in [0.2, 0.25) is 5.91 Å². The zero-order valence-electron chi connectivity index (χ0n) is 22.9. The number of benzene rings is 2. The Bertz CT molecular complexity index is 1120. The number of para-hydroxylation sites is 2. The Morgan fingerprint density at radius 1 is 1.13 bits per heavy atom. The highest BCUT2D eigenvalue weighted by Crippen LogP contribution is 2.40. The van der Waals surface area contributed by atoms with Crippen LogP contribution < -0.4 is 14.2 Å². The summed E-state index contributed by atoms with van der Waals surface area (Å²) in [5.41, 5.74) is 2.02. The molecule has 2 N–H and O–H groups in total. The van der Waals surface area contributed by atoms with Gasteiger partial charge in [0.25, 0.3) is 0 Å². The second kappa shape index (κ2) is 13.7. The summed E-state index contributed by atoms with van der Waals surface area (Å²) < 4.78 is 17.2. The Kier molecular flexibility index (Phi) is 10.1. The number of carboxylic acid groups (broad SMARTS) is 1. The van der Waals surface area contributed by atoms with Gasteiger partial charge in [-0.3, -0.25) is 14.5 Å². The number of rotatable bonds is 14. The van der Waals surface area contributed by atoms with Crippen molar-refractivity contribution >= 4 is 11.9 Å². The second-order valence-corrected chi connectivity index (χ2v) is 10.2. The van der Waals surface area contributed by atoms with E-state index in [0.29, 0.717) is 44.2 Å². The molecule has 0 radical (unpaired) electrons. The number of nitrogens with zero attached hydrogens (tertiary/aromatic N) is 2. The Labute approximate surface area is 230 Å². The number of carbonyl (C=O) groups is 2. The van der Waals surface area contributed by atoms with Crippen molar-refractivity contribution in [2.75, 3.05) is 53.1 Å². The summed E-state index contributed by atoms with van der Waals surface area (Å²) in [7, 11) is 1.56. The number of aliphatic hydroxyl groups excluding tert-OH is 1. The highest BCUT2D eigenvalue weighted by Gasteiger charge is 2.48. The van der Waals surface area contributed by atoms with Crippen LogP contribution in [0.15, 0.2) is 42.5 Å². The van der Waals surface area contributed by atoms with E-state index >= 15 is 0 Å². The molecule has 212 valence electrons. The summed E-state index contributed by atoms with van der Waals surface area (Å²) in [6, 6.07) is 12.7. The summed E-state index contributed by atoms with van der Waals surface area (Å²) in [6.45, 7) is 4.41. The van der Waals surface area contributed by atoms with E-state index in [1.807, 2.05) is 29.2 Å². The minimum atomic E-state index is -0.913. The minimum absolute atomic E-state index is 0.0141. The molecule has 0 bridgehead atoms. The first-order valence-corrected chi connectivity index (χ1v) is 13.8. The van der Waals surface area contributed by atoms with Crippen molar-refractivity contribution in [3.63, 3.8) is 0 Å². The third-order valence-electron chi connectivity index (χ3n) is 7.71. The van der Waals surface area contributed by atoms with Crippen LogP contribution in [-0.2, 0) is 16.0 Å². The number of aliphatic carboxylic acids is 1. The van der Waals surface area contributed by atoms with Crippen LogP contribution in [0.4, 0.5) is 0 Å². The molecular weight excluding hydrogens is 500 g/mol. The van der Waals surface area contributed by atoms with Gasteiger partial charge in [0.15, 0.2) is 11.5 Å². The van der Waals surface area contributed by atoms with Crippen molar-refractivity contribution in [3.05, 3.63) is 53.6 Å². The molecule has 9 heteroatoms. The summed E-state index contributed by atoms with van der Waals surface area (Å²) in [4.78, 5) is 30.0. The van der Waals surface area contributed by atoms with Crippen LogP contribution in [-0.4, -0.2) is 91.0 Å². The summed E-state index contributed by atoms with van der Waals surface area (Å²) in [6.07, 6.45) is 3.13. The lowest BCUT2D eigenvalue weighted by Crippen LogP contribution is -2.46. The monoisotopic (exact) mass is 540 g/mol. The van der Waals surface area contributed by atoms with Crippen LogP contribution >= 0.6 is 0 Å². The minimum Gasteiger partial charge on any atom is -0.493 e. The maximum atomic E-state index is 13.5. The maximum absolute atomic E-state index is 13.5. The molecule has 0 unspecified atom stereocenters. The van der Waals surface area contributed by atoms with E-state index < -0.39 is 17.9 Å². The molecule has 3 atom stereocenters. The predicted octanol–water partition coefficient (Wildman–Crippen LogP) is 3.19. The van der Waals surface area contributed by atoms with Gasteiger partial charge in [0, 0.05) is 38.6 Å². The number of hydrogen-bond acceptors (Lipinski definition) is 7.